The fraction of sp³-hybridized carbons (Fsp3) is 0.407. The lowest BCUT2D eigenvalue weighted by Crippen LogP contribution is -2.46. The predicted molar refractivity (Wildman–Crippen MR) is 143 cm³/mol. The molecule has 7 heteroatoms. The Balaban J connectivity index is 1.36. The zero-order valence-corrected chi connectivity index (χ0v) is 21.6. The molecule has 4 aromatic rings. The van der Waals surface area contributed by atoms with Crippen LogP contribution in [0, 0.1) is 13.8 Å². The summed E-state index contributed by atoms with van der Waals surface area (Å²) in [6.45, 7) is 15.8. The standard InChI is InChI=1S/C27H34N6S/c1-19-9-11-21(12-10-19)18-31-13-15-32(16-14-31)26-30-33-24(29-27(3,4)5)23(28-25(33)34-26)22-8-6-7-20(2)17-22/h6-12,17,29H,13-16,18H2,1-5H3. The Morgan fingerprint density at radius 2 is 1.68 bits per heavy atom. The molecule has 34 heavy (non-hydrogen) atoms. The summed E-state index contributed by atoms with van der Waals surface area (Å²) in [6, 6.07) is 17.4. The molecule has 1 N–H and O–H groups in total. The average Bonchev–Trinajstić information content (AvgIpc) is 3.34. The summed E-state index contributed by atoms with van der Waals surface area (Å²) in [4.78, 5) is 10.9. The minimum atomic E-state index is -0.0973. The molecule has 5 rings (SSSR count). The molecular weight excluding hydrogens is 440 g/mol. The molecule has 1 aliphatic heterocycles. The summed E-state index contributed by atoms with van der Waals surface area (Å²) >= 11 is 1.68. The zero-order chi connectivity index (χ0) is 23.9. The Hall–Kier alpha value is -2.90. The fourth-order valence-electron chi connectivity index (χ4n) is 4.38. The topological polar surface area (TPSA) is 48.7 Å². The maximum Gasteiger partial charge on any atom is 0.216 e. The van der Waals surface area contributed by atoms with Crippen molar-refractivity contribution >= 4 is 27.2 Å². The van der Waals surface area contributed by atoms with Crippen molar-refractivity contribution in [3.05, 3.63) is 65.2 Å². The summed E-state index contributed by atoms with van der Waals surface area (Å²) < 4.78 is 2.00. The lowest BCUT2D eigenvalue weighted by atomic mass is 10.1. The predicted octanol–water partition coefficient (Wildman–Crippen LogP) is 5.61. The van der Waals surface area contributed by atoms with E-state index in [1.165, 1.54) is 16.7 Å². The second kappa shape index (κ2) is 9.04. The van der Waals surface area contributed by atoms with E-state index < -0.39 is 0 Å². The number of fused-ring (bicyclic) bond motifs is 1. The average molecular weight is 475 g/mol. The van der Waals surface area contributed by atoms with Crippen LogP contribution in [0.3, 0.4) is 0 Å². The molecule has 0 saturated carbocycles. The number of aromatic nitrogens is 3. The molecule has 1 aliphatic rings. The molecule has 0 radical (unpaired) electrons. The first-order chi connectivity index (χ1) is 16.2. The van der Waals surface area contributed by atoms with Crippen LogP contribution < -0.4 is 10.2 Å². The molecular formula is C27H34N6S. The van der Waals surface area contributed by atoms with E-state index in [9.17, 15) is 0 Å². The van der Waals surface area contributed by atoms with Crippen molar-refractivity contribution in [2.75, 3.05) is 36.4 Å². The molecule has 0 aliphatic carbocycles. The summed E-state index contributed by atoms with van der Waals surface area (Å²) in [6.07, 6.45) is 0. The van der Waals surface area contributed by atoms with Gasteiger partial charge in [-0.15, -0.1) is 5.10 Å². The molecule has 1 saturated heterocycles. The van der Waals surface area contributed by atoms with Gasteiger partial charge in [-0.3, -0.25) is 4.90 Å². The van der Waals surface area contributed by atoms with Crippen LogP contribution in [0.2, 0.25) is 0 Å². The van der Waals surface area contributed by atoms with Crippen LogP contribution in [0.4, 0.5) is 10.9 Å². The van der Waals surface area contributed by atoms with Gasteiger partial charge in [-0.2, -0.15) is 4.52 Å². The number of piperazine rings is 1. The number of nitrogens with one attached hydrogen (secondary N) is 1. The number of nitrogens with zero attached hydrogens (tertiary/aromatic N) is 5. The first-order valence-electron chi connectivity index (χ1n) is 12.0. The molecule has 1 fully saturated rings. The van der Waals surface area contributed by atoms with E-state index >= 15 is 0 Å². The van der Waals surface area contributed by atoms with Crippen molar-refractivity contribution in [2.45, 2.75) is 46.7 Å². The van der Waals surface area contributed by atoms with Crippen LogP contribution in [0.15, 0.2) is 48.5 Å². The molecule has 0 amide bonds. The van der Waals surface area contributed by atoms with Crippen molar-refractivity contribution in [3.63, 3.8) is 0 Å². The van der Waals surface area contributed by atoms with Crippen LogP contribution >= 0.6 is 11.3 Å². The smallest absolute Gasteiger partial charge is 0.216 e. The Morgan fingerprint density at radius 1 is 0.941 bits per heavy atom. The van der Waals surface area contributed by atoms with Crippen molar-refractivity contribution < 1.29 is 0 Å². The monoisotopic (exact) mass is 474 g/mol. The maximum atomic E-state index is 5.03. The van der Waals surface area contributed by atoms with Gasteiger partial charge < -0.3 is 10.2 Å². The first kappa shape index (κ1) is 22.9. The summed E-state index contributed by atoms with van der Waals surface area (Å²) in [5.74, 6) is 0.966. The molecule has 6 nitrogen and oxygen atoms in total. The van der Waals surface area contributed by atoms with Crippen molar-refractivity contribution in [2.24, 2.45) is 0 Å². The summed E-state index contributed by atoms with van der Waals surface area (Å²) in [5.41, 5.74) is 5.91. The second-order valence-corrected chi connectivity index (χ2v) is 11.3. The van der Waals surface area contributed by atoms with Crippen molar-refractivity contribution in [1.82, 2.24) is 19.5 Å². The maximum absolute atomic E-state index is 5.03. The zero-order valence-electron chi connectivity index (χ0n) is 20.8. The van der Waals surface area contributed by atoms with Gasteiger partial charge in [0.2, 0.25) is 10.1 Å². The fourth-order valence-corrected chi connectivity index (χ4v) is 5.33. The number of rotatable bonds is 5. The van der Waals surface area contributed by atoms with E-state index in [0.717, 1.165) is 59.9 Å². The van der Waals surface area contributed by atoms with Gasteiger partial charge in [-0.25, -0.2) is 4.98 Å². The first-order valence-corrected chi connectivity index (χ1v) is 12.8. The van der Waals surface area contributed by atoms with Gasteiger partial charge in [-0.05, 0) is 46.2 Å². The lowest BCUT2D eigenvalue weighted by Gasteiger charge is -2.34. The SMILES string of the molecule is Cc1ccc(CN2CCN(c3nn4c(NC(C)(C)C)c(-c5cccc(C)c5)nc4s3)CC2)cc1. The number of benzene rings is 2. The minimum absolute atomic E-state index is 0.0973. The molecule has 0 spiro atoms. The van der Waals surface area contributed by atoms with E-state index in [2.05, 4.69) is 98.3 Å². The van der Waals surface area contributed by atoms with E-state index in [0.29, 0.717) is 0 Å². The van der Waals surface area contributed by atoms with E-state index in [-0.39, 0.29) is 5.54 Å². The Labute approximate surface area is 206 Å². The molecule has 3 heterocycles. The molecule has 2 aromatic carbocycles. The van der Waals surface area contributed by atoms with Crippen LogP contribution in [0.25, 0.3) is 16.2 Å². The molecule has 2 aromatic heterocycles. The molecule has 0 atom stereocenters. The van der Waals surface area contributed by atoms with Crippen LogP contribution in [0.1, 0.15) is 37.5 Å². The van der Waals surface area contributed by atoms with Gasteiger partial charge in [-0.1, -0.05) is 64.9 Å². The van der Waals surface area contributed by atoms with Crippen molar-refractivity contribution in [3.8, 4) is 11.3 Å². The highest BCUT2D eigenvalue weighted by molar-refractivity contribution is 7.20. The third-order valence-corrected chi connectivity index (χ3v) is 7.12. The normalized spacial score (nSPS) is 15.3. The number of aryl methyl sites for hydroxylation is 2. The van der Waals surface area contributed by atoms with Crippen LogP contribution in [0.5, 0.6) is 0 Å². The van der Waals surface area contributed by atoms with Gasteiger partial charge in [0.05, 0.1) is 0 Å². The number of hydrogen-bond donors (Lipinski definition) is 1. The molecule has 0 bridgehead atoms. The van der Waals surface area contributed by atoms with E-state index in [1.807, 2.05) is 4.52 Å². The third kappa shape index (κ3) is 4.95. The lowest BCUT2D eigenvalue weighted by molar-refractivity contribution is 0.249. The quantitative estimate of drug-likeness (QED) is 0.408. The summed E-state index contributed by atoms with van der Waals surface area (Å²) in [5, 5.41) is 9.74. The van der Waals surface area contributed by atoms with Crippen LogP contribution in [-0.2, 0) is 6.54 Å². The van der Waals surface area contributed by atoms with Gasteiger partial charge >= 0.3 is 0 Å². The second-order valence-electron chi connectivity index (χ2n) is 10.4. The molecule has 178 valence electrons. The Bertz CT molecular complexity index is 1270. The highest BCUT2D eigenvalue weighted by atomic mass is 32.1. The summed E-state index contributed by atoms with van der Waals surface area (Å²) in [7, 11) is 0. The highest BCUT2D eigenvalue weighted by Crippen LogP contribution is 2.35. The number of anilines is 2. The van der Waals surface area contributed by atoms with Crippen LogP contribution in [-0.4, -0.2) is 51.2 Å². The highest BCUT2D eigenvalue weighted by Gasteiger charge is 2.25. The van der Waals surface area contributed by atoms with E-state index in [4.69, 9.17) is 10.1 Å². The number of hydrogen-bond acceptors (Lipinski definition) is 6. The largest absolute Gasteiger partial charge is 0.364 e. The van der Waals surface area contributed by atoms with Gasteiger partial charge in [0.25, 0.3) is 0 Å². The van der Waals surface area contributed by atoms with Gasteiger partial charge in [0.15, 0.2) is 5.82 Å². The van der Waals surface area contributed by atoms with Gasteiger partial charge in [0, 0.05) is 43.8 Å². The Morgan fingerprint density at radius 3 is 2.35 bits per heavy atom. The third-order valence-electron chi connectivity index (χ3n) is 6.15. The van der Waals surface area contributed by atoms with Gasteiger partial charge in [0.1, 0.15) is 5.69 Å². The number of imidazole rings is 1. The van der Waals surface area contributed by atoms with E-state index in [1.54, 1.807) is 11.3 Å². The molecule has 0 unspecified atom stereocenters. The van der Waals surface area contributed by atoms with Crippen molar-refractivity contribution in [1.29, 1.82) is 0 Å². The Kier molecular flexibility index (Phi) is 6.08. The minimum Gasteiger partial charge on any atom is -0.364 e.